The lowest BCUT2D eigenvalue weighted by Gasteiger charge is -2.15. The number of hydrogen-bond donors (Lipinski definition) is 0. The van der Waals surface area contributed by atoms with E-state index < -0.39 is 0 Å². The maximum absolute atomic E-state index is 5.52. The Morgan fingerprint density at radius 1 is 0.413 bits per heavy atom. The summed E-state index contributed by atoms with van der Waals surface area (Å²) < 4.78 is 4.86. The molecule has 4 heterocycles. The fourth-order valence-corrected chi connectivity index (χ4v) is 7.91. The van der Waals surface area contributed by atoms with Gasteiger partial charge in [-0.1, -0.05) is 121 Å². The number of benzene rings is 7. The third kappa shape index (κ3) is 2.98. The van der Waals surface area contributed by atoms with E-state index in [1.165, 1.54) is 48.9 Å². The van der Waals surface area contributed by atoms with Gasteiger partial charge in [0.25, 0.3) is 0 Å². The van der Waals surface area contributed by atoms with Gasteiger partial charge in [-0.25, -0.2) is 9.97 Å². The highest BCUT2D eigenvalue weighted by atomic mass is 15.1. The van der Waals surface area contributed by atoms with Crippen LogP contribution in [0.4, 0.5) is 0 Å². The summed E-state index contributed by atoms with van der Waals surface area (Å²) >= 11 is 0. The molecule has 0 spiro atoms. The highest BCUT2D eigenvalue weighted by Crippen LogP contribution is 2.46. The first-order chi connectivity index (χ1) is 22.8. The molecule has 0 unspecified atom stereocenters. The molecule has 4 aromatic heterocycles. The minimum atomic E-state index is 0.836. The van der Waals surface area contributed by atoms with E-state index in [4.69, 9.17) is 9.97 Å². The second kappa shape index (κ2) is 8.68. The SMILES string of the molecule is c1ccc(-c2nc3c(ccc4ccccc43)nc2-n2c3ccc4cccc5c6ccccc6n6c7ccccc7c2c6c3c45)cc1. The molecule has 11 rings (SSSR count). The zero-order valence-electron chi connectivity index (χ0n) is 24.6. The molecule has 0 aliphatic heterocycles. The van der Waals surface area contributed by atoms with Crippen molar-refractivity contribution in [3.05, 3.63) is 146 Å². The van der Waals surface area contributed by atoms with Crippen molar-refractivity contribution in [2.75, 3.05) is 0 Å². The van der Waals surface area contributed by atoms with Crippen molar-refractivity contribution in [2.24, 2.45) is 0 Å². The molecule has 0 bridgehead atoms. The van der Waals surface area contributed by atoms with Gasteiger partial charge < -0.3 is 4.40 Å². The third-order valence-corrected chi connectivity index (χ3v) is 9.81. The quantitative estimate of drug-likeness (QED) is 0.190. The summed E-state index contributed by atoms with van der Waals surface area (Å²) in [5, 5.41) is 9.71. The maximum Gasteiger partial charge on any atom is 0.165 e. The van der Waals surface area contributed by atoms with Gasteiger partial charge in [0, 0.05) is 32.5 Å². The molecular formula is C42H24N4. The predicted molar refractivity (Wildman–Crippen MR) is 191 cm³/mol. The molecule has 7 aromatic carbocycles. The Hall–Kier alpha value is -6.26. The minimum absolute atomic E-state index is 0.836. The van der Waals surface area contributed by atoms with Crippen molar-refractivity contribution in [1.82, 2.24) is 18.9 Å². The first-order valence-corrected chi connectivity index (χ1v) is 15.7. The molecule has 0 saturated heterocycles. The van der Waals surface area contributed by atoms with Gasteiger partial charge in [-0.15, -0.1) is 0 Å². The number of hydrogen-bond acceptors (Lipinski definition) is 2. The van der Waals surface area contributed by atoms with Crippen molar-refractivity contribution < 1.29 is 0 Å². The zero-order chi connectivity index (χ0) is 29.9. The van der Waals surface area contributed by atoms with Crippen LogP contribution in [-0.4, -0.2) is 18.9 Å². The van der Waals surface area contributed by atoms with E-state index in [-0.39, 0.29) is 0 Å². The molecule has 0 amide bonds. The summed E-state index contributed by atoms with van der Waals surface area (Å²) in [7, 11) is 0. The maximum atomic E-state index is 5.52. The lowest BCUT2D eigenvalue weighted by molar-refractivity contribution is 1.08. The van der Waals surface area contributed by atoms with E-state index in [0.717, 1.165) is 49.9 Å². The van der Waals surface area contributed by atoms with Gasteiger partial charge in [0.15, 0.2) is 5.82 Å². The second-order valence-electron chi connectivity index (χ2n) is 12.2. The van der Waals surface area contributed by atoms with Gasteiger partial charge in [0.05, 0.1) is 38.6 Å². The summed E-state index contributed by atoms with van der Waals surface area (Å²) in [4.78, 5) is 11.0. The van der Waals surface area contributed by atoms with Crippen LogP contribution in [0, 0.1) is 0 Å². The summed E-state index contributed by atoms with van der Waals surface area (Å²) in [6.45, 7) is 0. The van der Waals surface area contributed by atoms with Crippen molar-refractivity contribution in [3.63, 3.8) is 0 Å². The normalized spacial score (nSPS) is 12.3. The first kappa shape index (κ1) is 24.1. The molecule has 0 atom stereocenters. The van der Waals surface area contributed by atoms with E-state index in [0.29, 0.717) is 0 Å². The van der Waals surface area contributed by atoms with Gasteiger partial charge >= 0.3 is 0 Å². The third-order valence-electron chi connectivity index (χ3n) is 9.81. The van der Waals surface area contributed by atoms with Crippen molar-refractivity contribution >= 4 is 81.7 Å². The predicted octanol–water partition coefficient (Wildman–Crippen LogP) is 10.7. The van der Waals surface area contributed by atoms with E-state index in [9.17, 15) is 0 Å². The van der Waals surface area contributed by atoms with E-state index in [1.807, 2.05) is 0 Å². The smallest absolute Gasteiger partial charge is 0.165 e. The second-order valence-corrected chi connectivity index (χ2v) is 12.2. The molecule has 0 aliphatic rings. The summed E-state index contributed by atoms with van der Waals surface area (Å²) in [6, 6.07) is 52.0. The van der Waals surface area contributed by atoms with Gasteiger partial charge in [-0.05, 0) is 40.4 Å². The van der Waals surface area contributed by atoms with Crippen LogP contribution in [0.1, 0.15) is 0 Å². The lowest BCUT2D eigenvalue weighted by atomic mass is 10.0. The number of para-hydroxylation sites is 2. The molecular weight excluding hydrogens is 560 g/mol. The monoisotopic (exact) mass is 584 g/mol. The number of nitrogens with zero attached hydrogens (tertiary/aromatic N) is 4. The topological polar surface area (TPSA) is 35.1 Å². The van der Waals surface area contributed by atoms with Crippen LogP contribution >= 0.6 is 0 Å². The highest BCUT2D eigenvalue weighted by molar-refractivity contribution is 6.33. The van der Waals surface area contributed by atoms with Crippen molar-refractivity contribution in [3.8, 4) is 17.1 Å². The molecule has 0 aliphatic carbocycles. The van der Waals surface area contributed by atoms with Crippen molar-refractivity contribution in [2.45, 2.75) is 0 Å². The van der Waals surface area contributed by atoms with Crippen LogP contribution in [0.2, 0.25) is 0 Å². The largest absolute Gasteiger partial charge is 0.306 e. The van der Waals surface area contributed by atoms with Crippen LogP contribution in [0.25, 0.3) is 98.8 Å². The zero-order valence-corrected chi connectivity index (χ0v) is 24.6. The average Bonchev–Trinajstić information content (AvgIpc) is 3.59. The molecule has 0 saturated carbocycles. The Balaban J connectivity index is 1.44. The molecule has 0 fully saturated rings. The van der Waals surface area contributed by atoms with Gasteiger partial charge in [-0.3, -0.25) is 4.57 Å². The van der Waals surface area contributed by atoms with Crippen LogP contribution in [0.15, 0.2) is 146 Å². The van der Waals surface area contributed by atoms with Crippen molar-refractivity contribution in [1.29, 1.82) is 0 Å². The Labute approximate surface area is 262 Å². The molecule has 11 aromatic rings. The van der Waals surface area contributed by atoms with Crippen LogP contribution < -0.4 is 0 Å². The van der Waals surface area contributed by atoms with Crippen LogP contribution in [0.3, 0.4) is 0 Å². The van der Waals surface area contributed by atoms with Gasteiger partial charge in [0.1, 0.15) is 5.69 Å². The van der Waals surface area contributed by atoms with E-state index in [1.54, 1.807) is 0 Å². The molecule has 4 nitrogen and oxygen atoms in total. The lowest BCUT2D eigenvalue weighted by Crippen LogP contribution is -2.04. The van der Waals surface area contributed by atoms with Gasteiger partial charge in [0.2, 0.25) is 0 Å². The summed E-state index contributed by atoms with van der Waals surface area (Å²) in [5.74, 6) is 0.836. The molecule has 212 valence electrons. The van der Waals surface area contributed by atoms with E-state index in [2.05, 4.69) is 155 Å². The molecule has 0 N–H and O–H groups in total. The summed E-state index contributed by atoms with van der Waals surface area (Å²) in [5.41, 5.74) is 9.56. The number of aromatic nitrogens is 4. The Morgan fingerprint density at radius 2 is 1.09 bits per heavy atom. The van der Waals surface area contributed by atoms with Gasteiger partial charge in [-0.2, -0.15) is 0 Å². The van der Waals surface area contributed by atoms with Crippen LogP contribution in [0.5, 0.6) is 0 Å². The van der Waals surface area contributed by atoms with E-state index >= 15 is 0 Å². The Morgan fingerprint density at radius 3 is 1.96 bits per heavy atom. The Bertz CT molecular complexity index is 3020. The van der Waals surface area contributed by atoms with Crippen LogP contribution in [-0.2, 0) is 0 Å². The number of fused-ring (bicyclic) bond motifs is 9. The first-order valence-electron chi connectivity index (χ1n) is 15.7. The standard InChI is InChI=1S/C42H24N4/c1-2-12-27(13-3-1)38-42(43-32-23-21-25-11-4-5-15-28(25)39(32)44-38)46-35-24-22-26-14-10-18-30-29-16-6-8-19-33(29)45-34-20-9-7-17-31(34)40(46)41(45)37(35)36(26)30/h1-24H. The Kier molecular flexibility index (Phi) is 4.55. The number of rotatable bonds is 2. The highest BCUT2D eigenvalue weighted by Gasteiger charge is 2.27. The summed E-state index contributed by atoms with van der Waals surface area (Å²) in [6.07, 6.45) is 0. The molecule has 46 heavy (non-hydrogen) atoms. The fraction of sp³-hybridized carbons (Fsp3) is 0. The minimum Gasteiger partial charge on any atom is -0.306 e. The molecule has 4 heteroatoms. The average molecular weight is 585 g/mol. The fourth-order valence-electron chi connectivity index (χ4n) is 7.91. The molecule has 0 radical (unpaired) electrons.